The molecule has 0 radical (unpaired) electrons. The fourth-order valence-electron chi connectivity index (χ4n) is 3.45. The first-order valence-corrected chi connectivity index (χ1v) is 9.56. The molecule has 0 N–H and O–H groups in total. The molecule has 1 aliphatic rings. The molecule has 160 valence electrons. The molecular formula is C21H15ClF3N3O3. The van der Waals surface area contributed by atoms with Gasteiger partial charge in [-0.25, -0.2) is 9.69 Å². The number of hydrogen-bond acceptors (Lipinski definition) is 4. The van der Waals surface area contributed by atoms with Crippen LogP contribution in [-0.2, 0) is 11.3 Å². The summed E-state index contributed by atoms with van der Waals surface area (Å²) in [5.74, 6) is -0.945. The third-order valence-corrected chi connectivity index (χ3v) is 5.30. The first kappa shape index (κ1) is 20.9. The van der Waals surface area contributed by atoms with E-state index in [0.717, 1.165) is 22.4 Å². The highest BCUT2D eigenvalue weighted by molar-refractivity contribution is 6.32. The number of aromatic nitrogens is 1. The zero-order chi connectivity index (χ0) is 22.3. The summed E-state index contributed by atoms with van der Waals surface area (Å²) < 4.78 is 40.9. The lowest BCUT2D eigenvalue weighted by Gasteiger charge is -2.21. The zero-order valence-electron chi connectivity index (χ0n) is 16.1. The number of carbonyl (C=O) groups excluding carboxylic acids is 2. The number of rotatable bonds is 4. The SMILES string of the molecule is CC1C(=O)N(c2ccc(OC(F)(F)F)cc2)C(=O)N1Cc1c(Cl)cnc2ccccc12. The second-order valence-corrected chi connectivity index (χ2v) is 7.31. The molecule has 10 heteroatoms. The molecule has 6 nitrogen and oxygen atoms in total. The van der Waals surface area contributed by atoms with E-state index in [-0.39, 0.29) is 12.2 Å². The van der Waals surface area contributed by atoms with E-state index in [0.29, 0.717) is 16.1 Å². The van der Waals surface area contributed by atoms with Gasteiger partial charge in [0.15, 0.2) is 0 Å². The molecule has 1 unspecified atom stereocenters. The fraction of sp³-hybridized carbons (Fsp3) is 0.190. The molecule has 2 heterocycles. The predicted octanol–water partition coefficient (Wildman–Crippen LogP) is 5.14. The molecule has 3 aromatic rings. The number of alkyl halides is 3. The predicted molar refractivity (Wildman–Crippen MR) is 108 cm³/mol. The van der Waals surface area contributed by atoms with Gasteiger partial charge in [-0.15, -0.1) is 13.2 Å². The molecule has 1 fully saturated rings. The van der Waals surface area contributed by atoms with Gasteiger partial charge in [0.2, 0.25) is 0 Å². The Kier molecular flexibility index (Phi) is 5.22. The highest BCUT2D eigenvalue weighted by Gasteiger charge is 2.43. The molecule has 0 spiro atoms. The van der Waals surface area contributed by atoms with Crippen LogP contribution in [-0.4, -0.2) is 34.2 Å². The standard InChI is InChI=1S/C21H15ClF3N3O3/c1-12-19(29)28(13-6-8-14(9-7-13)31-21(23,24)25)20(30)27(12)11-16-15-4-2-3-5-18(15)26-10-17(16)22/h2-10,12H,11H2,1H3. The Morgan fingerprint density at radius 1 is 1.10 bits per heavy atom. The van der Waals surface area contributed by atoms with Gasteiger partial charge in [-0.1, -0.05) is 29.8 Å². The summed E-state index contributed by atoms with van der Waals surface area (Å²) in [7, 11) is 0. The van der Waals surface area contributed by atoms with Crippen LogP contribution in [0.3, 0.4) is 0 Å². The first-order valence-electron chi connectivity index (χ1n) is 9.18. The first-order chi connectivity index (χ1) is 14.7. The van der Waals surface area contributed by atoms with Crippen LogP contribution in [0.2, 0.25) is 5.02 Å². The Hall–Kier alpha value is -3.33. The normalized spacial score (nSPS) is 17.0. The van der Waals surface area contributed by atoms with Gasteiger partial charge >= 0.3 is 12.4 Å². The van der Waals surface area contributed by atoms with E-state index in [1.54, 1.807) is 6.92 Å². The van der Waals surface area contributed by atoms with Gasteiger partial charge in [0.1, 0.15) is 11.8 Å². The molecular weight excluding hydrogens is 435 g/mol. The van der Waals surface area contributed by atoms with Crippen molar-refractivity contribution in [3.05, 3.63) is 65.3 Å². The summed E-state index contributed by atoms with van der Waals surface area (Å²) >= 11 is 6.33. The van der Waals surface area contributed by atoms with E-state index in [9.17, 15) is 22.8 Å². The number of halogens is 4. The average Bonchev–Trinajstić information content (AvgIpc) is 2.93. The van der Waals surface area contributed by atoms with Gasteiger partial charge in [0, 0.05) is 17.1 Å². The number of imide groups is 1. The van der Waals surface area contributed by atoms with Crippen LogP contribution in [0.4, 0.5) is 23.7 Å². The molecule has 0 bridgehead atoms. The van der Waals surface area contributed by atoms with E-state index < -0.39 is 30.1 Å². The summed E-state index contributed by atoms with van der Waals surface area (Å²) in [5.41, 5.74) is 1.49. The van der Waals surface area contributed by atoms with E-state index in [1.807, 2.05) is 24.3 Å². The lowest BCUT2D eigenvalue weighted by atomic mass is 10.1. The van der Waals surface area contributed by atoms with Crippen molar-refractivity contribution in [2.24, 2.45) is 0 Å². The van der Waals surface area contributed by atoms with Crippen LogP contribution < -0.4 is 9.64 Å². The summed E-state index contributed by atoms with van der Waals surface area (Å²) in [6.45, 7) is 1.65. The quantitative estimate of drug-likeness (QED) is 0.517. The topological polar surface area (TPSA) is 62.7 Å². The van der Waals surface area contributed by atoms with Crippen LogP contribution in [0.1, 0.15) is 12.5 Å². The highest BCUT2D eigenvalue weighted by Crippen LogP contribution is 2.32. The van der Waals surface area contributed by atoms with E-state index in [4.69, 9.17) is 11.6 Å². The molecule has 2 aromatic carbocycles. The van der Waals surface area contributed by atoms with Crippen molar-refractivity contribution in [1.29, 1.82) is 0 Å². The molecule has 4 rings (SSSR count). The van der Waals surface area contributed by atoms with Crippen molar-refractivity contribution in [3.63, 3.8) is 0 Å². The second kappa shape index (κ2) is 7.73. The lowest BCUT2D eigenvalue weighted by molar-refractivity contribution is -0.274. The van der Waals surface area contributed by atoms with Crippen molar-refractivity contribution in [2.45, 2.75) is 25.9 Å². The number of benzene rings is 2. The fourth-order valence-corrected chi connectivity index (χ4v) is 3.66. The molecule has 1 aliphatic heterocycles. The van der Waals surface area contributed by atoms with E-state index in [2.05, 4.69) is 9.72 Å². The van der Waals surface area contributed by atoms with E-state index in [1.165, 1.54) is 23.2 Å². The number of urea groups is 1. The minimum absolute atomic E-state index is 0.0688. The Balaban J connectivity index is 1.62. The summed E-state index contributed by atoms with van der Waals surface area (Å²) in [4.78, 5) is 32.4. The van der Waals surface area contributed by atoms with Gasteiger partial charge in [-0.05, 0) is 37.3 Å². The Labute approximate surface area is 179 Å². The van der Waals surface area contributed by atoms with Crippen LogP contribution in [0.15, 0.2) is 54.7 Å². The Morgan fingerprint density at radius 2 is 1.77 bits per heavy atom. The molecule has 1 atom stereocenters. The van der Waals surface area contributed by atoms with E-state index >= 15 is 0 Å². The highest BCUT2D eigenvalue weighted by atomic mass is 35.5. The number of anilines is 1. The van der Waals surface area contributed by atoms with Crippen molar-refractivity contribution in [3.8, 4) is 5.75 Å². The second-order valence-electron chi connectivity index (χ2n) is 6.90. The minimum Gasteiger partial charge on any atom is -0.406 e. The molecule has 0 aliphatic carbocycles. The van der Waals surface area contributed by atoms with Gasteiger partial charge in [0.05, 0.1) is 22.8 Å². The Morgan fingerprint density at radius 3 is 2.45 bits per heavy atom. The van der Waals surface area contributed by atoms with Crippen LogP contribution >= 0.6 is 11.6 Å². The number of hydrogen-bond donors (Lipinski definition) is 0. The summed E-state index contributed by atoms with van der Waals surface area (Å²) in [6.07, 6.45) is -3.35. The maximum Gasteiger partial charge on any atom is 0.573 e. The van der Waals surface area contributed by atoms with Gasteiger partial charge < -0.3 is 9.64 Å². The number of fused-ring (bicyclic) bond motifs is 1. The summed E-state index contributed by atoms with van der Waals surface area (Å²) in [5, 5.41) is 1.12. The van der Waals surface area contributed by atoms with Crippen LogP contribution in [0.25, 0.3) is 10.9 Å². The van der Waals surface area contributed by atoms with Crippen molar-refractivity contribution >= 4 is 40.1 Å². The number of amides is 3. The van der Waals surface area contributed by atoms with Crippen molar-refractivity contribution in [2.75, 3.05) is 4.90 Å². The van der Waals surface area contributed by atoms with Crippen molar-refractivity contribution in [1.82, 2.24) is 9.88 Å². The molecule has 1 aromatic heterocycles. The van der Waals surface area contributed by atoms with Gasteiger partial charge in [-0.2, -0.15) is 0 Å². The molecule has 1 saturated heterocycles. The maximum absolute atomic E-state index is 13.1. The number of pyridine rings is 1. The molecule has 31 heavy (non-hydrogen) atoms. The monoisotopic (exact) mass is 449 g/mol. The number of nitrogens with zero attached hydrogens (tertiary/aromatic N) is 3. The molecule has 0 saturated carbocycles. The zero-order valence-corrected chi connectivity index (χ0v) is 16.8. The third-order valence-electron chi connectivity index (χ3n) is 4.97. The molecule has 3 amide bonds. The third kappa shape index (κ3) is 4.00. The largest absolute Gasteiger partial charge is 0.573 e. The minimum atomic E-state index is -4.83. The Bertz CT molecular complexity index is 1170. The summed E-state index contributed by atoms with van der Waals surface area (Å²) in [6, 6.07) is 10.4. The van der Waals surface area contributed by atoms with Crippen molar-refractivity contribution < 1.29 is 27.5 Å². The number of ether oxygens (including phenoxy) is 1. The van der Waals surface area contributed by atoms with Gasteiger partial charge in [0.25, 0.3) is 5.91 Å². The number of carbonyl (C=O) groups is 2. The van der Waals surface area contributed by atoms with Gasteiger partial charge in [-0.3, -0.25) is 9.78 Å². The smallest absolute Gasteiger partial charge is 0.406 e. The maximum atomic E-state index is 13.1. The number of para-hydroxylation sites is 1. The average molecular weight is 450 g/mol. The van der Waals surface area contributed by atoms with Crippen LogP contribution in [0, 0.1) is 0 Å². The van der Waals surface area contributed by atoms with Crippen LogP contribution in [0.5, 0.6) is 5.75 Å². The lowest BCUT2D eigenvalue weighted by Crippen LogP contribution is -2.33.